The molecular weight excluding hydrogens is 315 g/mol. The molecule has 0 aromatic heterocycles. The van der Waals surface area contributed by atoms with Gasteiger partial charge >= 0.3 is 6.18 Å². The first-order valence-corrected chi connectivity index (χ1v) is 6.92. The molecule has 0 aliphatic carbocycles. The number of rotatable bonds is 5. The average molecular weight is 327 g/mol. The van der Waals surface area contributed by atoms with Gasteiger partial charge in [-0.1, -0.05) is 0 Å². The third-order valence-electron chi connectivity index (χ3n) is 2.54. The molecule has 0 radical (unpaired) electrons. The van der Waals surface area contributed by atoms with E-state index in [1.165, 1.54) is 13.1 Å². The highest BCUT2D eigenvalue weighted by molar-refractivity contribution is 7.89. The van der Waals surface area contributed by atoms with Gasteiger partial charge in [-0.15, -0.1) is 0 Å². The van der Waals surface area contributed by atoms with Crippen molar-refractivity contribution in [3.63, 3.8) is 0 Å². The van der Waals surface area contributed by atoms with Crippen LogP contribution in [0.5, 0.6) is 0 Å². The fourth-order valence-electron chi connectivity index (χ4n) is 1.53. The second kappa shape index (κ2) is 5.85. The normalized spacial score (nSPS) is 12.5. The molecule has 1 N–H and O–H groups in total. The average Bonchev–Trinajstić information content (AvgIpc) is 2.35. The zero-order chi connectivity index (χ0) is 16.4. The smallest absolute Gasteiger partial charge is 0.388 e. The Morgan fingerprint density at radius 1 is 1.38 bits per heavy atom. The molecule has 21 heavy (non-hydrogen) atoms. The maximum absolute atomic E-state index is 12.3. The van der Waals surface area contributed by atoms with Crippen molar-refractivity contribution in [2.75, 3.05) is 26.0 Å². The van der Waals surface area contributed by atoms with Crippen molar-refractivity contribution in [3.8, 4) is 0 Å². The van der Waals surface area contributed by atoms with Crippen LogP contribution < -0.4 is 5.32 Å². The summed E-state index contributed by atoms with van der Waals surface area (Å²) in [4.78, 5) is 9.09. The molecule has 0 spiro atoms. The Kier molecular flexibility index (Phi) is 4.79. The Morgan fingerprint density at radius 3 is 2.38 bits per heavy atom. The maximum atomic E-state index is 12.3. The number of halogens is 3. The van der Waals surface area contributed by atoms with Gasteiger partial charge in [0, 0.05) is 25.8 Å². The molecule has 0 heterocycles. The van der Waals surface area contributed by atoms with Crippen molar-refractivity contribution in [3.05, 3.63) is 28.3 Å². The molecule has 0 atom stereocenters. The molecule has 0 aliphatic rings. The predicted octanol–water partition coefficient (Wildman–Crippen LogP) is 1.82. The summed E-state index contributed by atoms with van der Waals surface area (Å²) in [5.74, 6) is 0. The van der Waals surface area contributed by atoms with Crippen molar-refractivity contribution >= 4 is 21.4 Å². The minimum atomic E-state index is -4.75. The van der Waals surface area contributed by atoms with Gasteiger partial charge in [0.1, 0.15) is 6.54 Å². The van der Waals surface area contributed by atoms with E-state index in [1.807, 2.05) is 0 Å². The second-order valence-electron chi connectivity index (χ2n) is 4.07. The van der Waals surface area contributed by atoms with Crippen LogP contribution in [0.3, 0.4) is 0 Å². The standard InChI is InChI=1S/C10H12F3N3O4S/c1-14-7-3-4-8(16(17)18)9(5-7)21(19,20)15(2)6-10(11,12)13/h3-5,14H,6H2,1-2H3. The number of nitrogens with one attached hydrogen (secondary N) is 1. The first-order chi connectivity index (χ1) is 9.49. The van der Waals surface area contributed by atoms with Crippen molar-refractivity contribution in [1.29, 1.82) is 0 Å². The van der Waals surface area contributed by atoms with Crippen LogP contribution in [0.4, 0.5) is 24.5 Å². The van der Waals surface area contributed by atoms with E-state index in [2.05, 4.69) is 5.32 Å². The quantitative estimate of drug-likeness (QED) is 0.658. The van der Waals surface area contributed by atoms with Gasteiger partial charge in [-0.25, -0.2) is 8.42 Å². The van der Waals surface area contributed by atoms with Gasteiger partial charge in [-0.3, -0.25) is 10.1 Å². The van der Waals surface area contributed by atoms with Crippen LogP contribution in [0.15, 0.2) is 23.1 Å². The highest BCUT2D eigenvalue weighted by Crippen LogP contribution is 2.30. The van der Waals surface area contributed by atoms with Gasteiger partial charge in [0.15, 0.2) is 4.90 Å². The van der Waals surface area contributed by atoms with E-state index < -0.39 is 38.3 Å². The summed E-state index contributed by atoms with van der Waals surface area (Å²) < 4.78 is 61.1. The SMILES string of the molecule is CNc1ccc([N+](=O)[O-])c(S(=O)(=O)N(C)CC(F)(F)F)c1. The third kappa shape index (κ3) is 4.04. The first-order valence-electron chi connectivity index (χ1n) is 5.48. The molecule has 1 rings (SSSR count). The highest BCUT2D eigenvalue weighted by Gasteiger charge is 2.37. The van der Waals surface area contributed by atoms with E-state index in [4.69, 9.17) is 0 Å². The summed E-state index contributed by atoms with van der Waals surface area (Å²) in [6, 6.07) is 3.08. The Morgan fingerprint density at radius 2 is 1.95 bits per heavy atom. The van der Waals surface area contributed by atoms with Crippen molar-refractivity contribution in [2.24, 2.45) is 0 Å². The molecule has 7 nitrogen and oxygen atoms in total. The third-order valence-corrected chi connectivity index (χ3v) is 4.37. The lowest BCUT2D eigenvalue weighted by Gasteiger charge is -2.19. The monoisotopic (exact) mass is 327 g/mol. The molecular formula is C10H12F3N3O4S. The fraction of sp³-hybridized carbons (Fsp3) is 0.400. The molecule has 0 bridgehead atoms. The summed E-state index contributed by atoms with van der Waals surface area (Å²) >= 11 is 0. The number of benzene rings is 1. The van der Waals surface area contributed by atoms with Crippen LogP contribution in [0.1, 0.15) is 0 Å². The summed E-state index contributed by atoms with van der Waals surface area (Å²) in [6.07, 6.45) is -4.75. The van der Waals surface area contributed by atoms with E-state index in [9.17, 15) is 31.7 Å². The molecule has 1 aromatic rings. The number of anilines is 1. The van der Waals surface area contributed by atoms with E-state index in [0.717, 1.165) is 12.1 Å². The lowest BCUT2D eigenvalue weighted by molar-refractivity contribution is -0.387. The molecule has 0 saturated carbocycles. The van der Waals surface area contributed by atoms with Gasteiger partial charge in [0.2, 0.25) is 10.0 Å². The van der Waals surface area contributed by atoms with Crippen LogP contribution in [0, 0.1) is 10.1 Å². The predicted molar refractivity (Wildman–Crippen MR) is 68.5 cm³/mol. The van der Waals surface area contributed by atoms with Crippen LogP contribution in [0.2, 0.25) is 0 Å². The summed E-state index contributed by atoms with van der Waals surface area (Å²) in [5, 5.41) is 13.4. The number of nitrogens with zero attached hydrogens (tertiary/aromatic N) is 2. The molecule has 0 aliphatic heterocycles. The molecule has 0 saturated heterocycles. The van der Waals surface area contributed by atoms with Gasteiger partial charge in [-0.2, -0.15) is 17.5 Å². The fourth-order valence-corrected chi connectivity index (χ4v) is 2.87. The lowest BCUT2D eigenvalue weighted by atomic mass is 10.3. The number of hydrogen-bond donors (Lipinski definition) is 1. The lowest BCUT2D eigenvalue weighted by Crippen LogP contribution is -2.36. The number of nitro groups is 1. The van der Waals surface area contributed by atoms with Crippen molar-refractivity contribution in [1.82, 2.24) is 4.31 Å². The van der Waals surface area contributed by atoms with E-state index in [-0.39, 0.29) is 9.99 Å². The van der Waals surface area contributed by atoms with Gasteiger partial charge in [0.25, 0.3) is 5.69 Å². The summed E-state index contributed by atoms with van der Waals surface area (Å²) in [6.45, 7) is -1.74. The molecule has 0 unspecified atom stereocenters. The maximum Gasteiger partial charge on any atom is 0.402 e. The number of alkyl halides is 3. The Balaban J connectivity index is 3.38. The summed E-state index contributed by atoms with van der Waals surface area (Å²) in [5.41, 5.74) is -0.567. The van der Waals surface area contributed by atoms with Crippen LogP contribution in [-0.2, 0) is 10.0 Å². The number of hydrogen-bond acceptors (Lipinski definition) is 5. The van der Waals surface area contributed by atoms with Crippen LogP contribution in [0.25, 0.3) is 0 Å². The zero-order valence-electron chi connectivity index (χ0n) is 11.0. The van der Waals surface area contributed by atoms with Crippen molar-refractivity contribution < 1.29 is 26.5 Å². The topological polar surface area (TPSA) is 92.5 Å². The van der Waals surface area contributed by atoms with Gasteiger partial charge < -0.3 is 5.32 Å². The van der Waals surface area contributed by atoms with E-state index in [1.54, 1.807) is 0 Å². The van der Waals surface area contributed by atoms with Gasteiger partial charge in [-0.05, 0) is 12.1 Å². The van der Waals surface area contributed by atoms with Gasteiger partial charge in [0.05, 0.1) is 4.92 Å². The minimum Gasteiger partial charge on any atom is -0.388 e. The molecule has 118 valence electrons. The van der Waals surface area contributed by atoms with E-state index >= 15 is 0 Å². The molecule has 0 fully saturated rings. The van der Waals surface area contributed by atoms with Crippen molar-refractivity contribution in [2.45, 2.75) is 11.1 Å². The molecule has 0 amide bonds. The molecule has 11 heteroatoms. The zero-order valence-corrected chi connectivity index (χ0v) is 11.8. The van der Waals surface area contributed by atoms with E-state index in [0.29, 0.717) is 7.05 Å². The summed E-state index contributed by atoms with van der Waals surface area (Å²) in [7, 11) is -2.50. The molecule has 1 aromatic carbocycles. The Hall–Kier alpha value is -1.88. The second-order valence-corrected chi connectivity index (χ2v) is 6.08. The minimum absolute atomic E-state index is 0.0226. The van der Waals surface area contributed by atoms with Crippen LogP contribution >= 0.6 is 0 Å². The number of nitro benzene ring substituents is 1. The Labute approximate surface area is 118 Å². The highest BCUT2D eigenvalue weighted by atomic mass is 32.2. The first kappa shape index (κ1) is 17.2. The number of sulfonamides is 1. The largest absolute Gasteiger partial charge is 0.402 e. The van der Waals surface area contributed by atoms with Crippen LogP contribution in [-0.4, -0.2) is 44.5 Å². The Bertz CT molecular complexity index is 645.